The number of aromatic nitrogens is 2. The summed E-state index contributed by atoms with van der Waals surface area (Å²) in [5.41, 5.74) is 1.42. The van der Waals surface area contributed by atoms with Crippen molar-refractivity contribution >= 4 is 15.9 Å². The third-order valence-corrected chi connectivity index (χ3v) is 6.43. The summed E-state index contributed by atoms with van der Waals surface area (Å²) in [5, 5.41) is 0. The first-order valence-corrected chi connectivity index (χ1v) is 9.93. The molecular formula is C17H20N4O3S. The lowest BCUT2D eigenvalue weighted by atomic mass is 10.0. The number of hydrogen-bond acceptors (Lipinski definition) is 4. The zero-order valence-electron chi connectivity index (χ0n) is 14.0. The molecule has 2 aromatic rings. The largest absolute Gasteiger partial charge is 0.335 e. The fourth-order valence-electron chi connectivity index (χ4n) is 3.59. The Labute approximate surface area is 146 Å². The van der Waals surface area contributed by atoms with E-state index >= 15 is 0 Å². The van der Waals surface area contributed by atoms with Gasteiger partial charge in [-0.1, -0.05) is 12.1 Å². The van der Waals surface area contributed by atoms with Crippen molar-refractivity contribution in [1.82, 2.24) is 19.2 Å². The van der Waals surface area contributed by atoms with Crippen LogP contribution in [0.2, 0.25) is 0 Å². The van der Waals surface area contributed by atoms with Crippen LogP contribution in [0.5, 0.6) is 0 Å². The molecule has 1 N–H and O–H groups in total. The quantitative estimate of drug-likeness (QED) is 0.839. The molecule has 1 aromatic carbocycles. The van der Waals surface area contributed by atoms with E-state index in [9.17, 15) is 13.2 Å². The average molecular weight is 360 g/mol. The molecule has 8 heteroatoms. The highest BCUT2D eigenvalue weighted by Gasteiger charge is 2.32. The van der Waals surface area contributed by atoms with Gasteiger partial charge in [0.05, 0.1) is 17.9 Å². The van der Waals surface area contributed by atoms with Crippen LogP contribution < -0.4 is 4.72 Å². The number of nitrogens with zero attached hydrogens (tertiary/aromatic N) is 3. The van der Waals surface area contributed by atoms with Gasteiger partial charge in [-0.05, 0) is 38.3 Å². The number of para-hydroxylation sites is 1. The number of fused-ring (bicyclic) bond motifs is 3. The van der Waals surface area contributed by atoms with Crippen LogP contribution in [0.3, 0.4) is 0 Å². The van der Waals surface area contributed by atoms with Gasteiger partial charge >= 0.3 is 0 Å². The van der Waals surface area contributed by atoms with Gasteiger partial charge in [-0.25, -0.2) is 18.1 Å². The number of benzene rings is 1. The topological polar surface area (TPSA) is 84.3 Å². The van der Waals surface area contributed by atoms with Crippen molar-refractivity contribution in [3.05, 3.63) is 42.0 Å². The molecule has 0 spiro atoms. The Balaban J connectivity index is 1.80. The Morgan fingerprint density at radius 2 is 2.08 bits per heavy atom. The van der Waals surface area contributed by atoms with Crippen LogP contribution in [0.25, 0.3) is 5.69 Å². The van der Waals surface area contributed by atoms with Crippen LogP contribution >= 0.6 is 0 Å². The zero-order chi connectivity index (χ0) is 17.6. The minimum Gasteiger partial charge on any atom is -0.335 e. The fourth-order valence-corrected chi connectivity index (χ4v) is 4.77. The Hall–Kier alpha value is -2.19. The standard InChI is InChI=1S/C17H20N4O3S/c1-12-6-4-5-9-20(12)17(22)16-14-10-19-25(23,24)15-8-3-2-7-13(15)21(14)11-18-16/h2-3,7-8,11-12,19H,4-6,9-10H2,1H3. The number of imidazole rings is 1. The summed E-state index contributed by atoms with van der Waals surface area (Å²) in [4.78, 5) is 19.4. The summed E-state index contributed by atoms with van der Waals surface area (Å²) in [6.45, 7) is 2.80. The Morgan fingerprint density at radius 3 is 2.88 bits per heavy atom. The third kappa shape index (κ3) is 2.65. The van der Waals surface area contributed by atoms with Crippen LogP contribution in [0.4, 0.5) is 0 Å². The molecule has 132 valence electrons. The van der Waals surface area contributed by atoms with Gasteiger partial charge in [0.25, 0.3) is 5.91 Å². The first kappa shape index (κ1) is 16.3. The number of hydrogen-bond donors (Lipinski definition) is 1. The molecule has 1 atom stereocenters. The third-order valence-electron chi connectivity index (χ3n) is 4.98. The normalized spacial score (nSPS) is 22.0. The Morgan fingerprint density at radius 1 is 1.28 bits per heavy atom. The van der Waals surface area contributed by atoms with E-state index in [1.165, 1.54) is 0 Å². The highest BCUT2D eigenvalue weighted by molar-refractivity contribution is 7.89. The molecule has 2 aliphatic rings. The molecule has 0 aliphatic carbocycles. The van der Waals surface area contributed by atoms with Crippen LogP contribution in [0, 0.1) is 0 Å². The van der Waals surface area contributed by atoms with E-state index < -0.39 is 10.0 Å². The van der Waals surface area contributed by atoms with Crippen LogP contribution in [0.15, 0.2) is 35.5 Å². The van der Waals surface area contributed by atoms with Crippen LogP contribution in [-0.2, 0) is 16.6 Å². The predicted octanol–water partition coefficient (Wildman–Crippen LogP) is 1.68. The summed E-state index contributed by atoms with van der Waals surface area (Å²) in [7, 11) is -3.62. The first-order valence-electron chi connectivity index (χ1n) is 8.45. The SMILES string of the molecule is CC1CCCCN1C(=O)c1ncn2c1CNS(=O)(=O)c1ccccc1-2. The maximum Gasteiger partial charge on any atom is 0.274 e. The molecule has 4 rings (SSSR count). The Bertz CT molecular complexity index is 935. The van der Waals surface area contributed by atoms with E-state index in [0.29, 0.717) is 23.6 Å². The van der Waals surface area contributed by atoms with E-state index in [1.54, 1.807) is 35.2 Å². The van der Waals surface area contributed by atoms with E-state index in [2.05, 4.69) is 9.71 Å². The number of rotatable bonds is 1. The number of carbonyl (C=O) groups is 1. The van der Waals surface area contributed by atoms with Gasteiger partial charge < -0.3 is 4.90 Å². The van der Waals surface area contributed by atoms with Gasteiger partial charge in [-0.15, -0.1) is 0 Å². The van der Waals surface area contributed by atoms with Crippen molar-refractivity contribution in [3.63, 3.8) is 0 Å². The minimum atomic E-state index is -3.62. The second-order valence-corrected chi connectivity index (χ2v) is 8.28. The number of nitrogens with one attached hydrogen (secondary N) is 1. The van der Waals surface area contributed by atoms with Crippen molar-refractivity contribution in [2.45, 2.75) is 43.7 Å². The van der Waals surface area contributed by atoms with Gasteiger partial charge in [0.2, 0.25) is 10.0 Å². The molecule has 1 aromatic heterocycles. The van der Waals surface area contributed by atoms with Gasteiger partial charge in [0, 0.05) is 12.6 Å². The van der Waals surface area contributed by atoms with E-state index in [1.807, 2.05) is 11.8 Å². The van der Waals surface area contributed by atoms with Gasteiger partial charge in [-0.2, -0.15) is 0 Å². The summed E-state index contributed by atoms with van der Waals surface area (Å²) >= 11 is 0. The highest BCUT2D eigenvalue weighted by Crippen LogP contribution is 2.27. The lowest BCUT2D eigenvalue weighted by molar-refractivity contribution is 0.0628. The average Bonchev–Trinajstić information content (AvgIpc) is 2.99. The first-order chi connectivity index (χ1) is 12.0. The molecule has 1 unspecified atom stereocenters. The van der Waals surface area contributed by atoms with Gasteiger partial charge in [0.1, 0.15) is 11.2 Å². The zero-order valence-corrected chi connectivity index (χ0v) is 14.8. The molecule has 1 saturated heterocycles. The summed E-state index contributed by atoms with van der Waals surface area (Å²) in [6, 6.07) is 6.91. The molecule has 2 aliphatic heterocycles. The summed E-state index contributed by atoms with van der Waals surface area (Å²) in [6.07, 6.45) is 4.64. The van der Waals surface area contributed by atoms with Crippen molar-refractivity contribution in [2.24, 2.45) is 0 Å². The molecule has 0 bridgehead atoms. The summed E-state index contributed by atoms with van der Waals surface area (Å²) < 4.78 is 29.2. The molecular weight excluding hydrogens is 340 g/mol. The molecule has 3 heterocycles. The highest BCUT2D eigenvalue weighted by atomic mass is 32.2. The van der Waals surface area contributed by atoms with Crippen LogP contribution in [0.1, 0.15) is 42.4 Å². The monoisotopic (exact) mass is 360 g/mol. The van der Waals surface area contributed by atoms with Crippen LogP contribution in [-0.4, -0.2) is 41.4 Å². The second-order valence-electron chi connectivity index (χ2n) is 6.55. The maximum absolute atomic E-state index is 13.0. The number of likely N-dealkylation sites (tertiary alicyclic amines) is 1. The minimum absolute atomic E-state index is 0.0420. The Kier molecular flexibility index (Phi) is 3.88. The van der Waals surface area contributed by atoms with Crippen molar-refractivity contribution in [1.29, 1.82) is 0 Å². The van der Waals surface area contributed by atoms with Crippen molar-refractivity contribution in [2.75, 3.05) is 6.54 Å². The molecule has 1 amide bonds. The van der Waals surface area contributed by atoms with Gasteiger partial charge in [-0.3, -0.25) is 9.36 Å². The second kappa shape index (κ2) is 5.96. The van der Waals surface area contributed by atoms with E-state index in [0.717, 1.165) is 19.3 Å². The number of piperidine rings is 1. The molecule has 25 heavy (non-hydrogen) atoms. The molecule has 0 saturated carbocycles. The fraction of sp³-hybridized carbons (Fsp3) is 0.412. The molecule has 1 fully saturated rings. The number of sulfonamides is 1. The summed E-state index contributed by atoms with van der Waals surface area (Å²) in [5.74, 6) is -0.125. The molecule has 0 radical (unpaired) electrons. The smallest absolute Gasteiger partial charge is 0.274 e. The van der Waals surface area contributed by atoms with Gasteiger partial charge in [0.15, 0.2) is 5.69 Å². The van der Waals surface area contributed by atoms with Crippen molar-refractivity contribution < 1.29 is 13.2 Å². The number of carbonyl (C=O) groups excluding carboxylic acids is 1. The molecule has 7 nitrogen and oxygen atoms in total. The number of amides is 1. The predicted molar refractivity (Wildman–Crippen MR) is 91.9 cm³/mol. The van der Waals surface area contributed by atoms with E-state index in [4.69, 9.17) is 0 Å². The van der Waals surface area contributed by atoms with E-state index in [-0.39, 0.29) is 23.4 Å². The lowest BCUT2D eigenvalue weighted by Crippen LogP contribution is -2.42. The lowest BCUT2D eigenvalue weighted by Gasteiger charge is -2.33. The maximum atomic E-state index is 13.0. The van der Waals surface area contributed by atoms with Crippen molar-refractivity contribution in [3.8, 4) is 5.69 Å².